The maximum absolute atomic E-state index is 13.3. The Morgan fingerprint density at radius 3 is 2.76 bits per heavy atom. The lowest BCUT2D eigenvalue weighted by atomic mass is 9.75. The molecule has 4 rings (SSSR count). The summed E-state index contributed by atoms with van der Waals surface area (Å²) in [7, 11) is 0. The second-order valence-corrected chi connectivity index (χ2v) is 8.39. The zero-order chi connectivity index (χ0) is 17.8. The number of aromatic nitrogens is 2. The highest BCUT2D eigenvalue weighted by Gasteiger charge is 2.58. The number of likely N-dealkylation sites (tertiary alicyclic amines) is 2. The quantitative estimate of drug-likeness (QED) is 0.840. The minimum Gasteiger partial charge on any atom is -0.342 e. The summed E-state index contributed by atoms with van der Waals surface area (Å²) in [5, 5.41) is 0. The van der Waals surface area contributed by atoms with Crippen LogP contribution in [0.5, 0.6) is 0 Å². The molecule has 0 N–H and O–H groups in total. The normalized spacial score (nSPS) is 29.4. The number of amides is 2. The number of nitrogens with zero attached hydrogens (tertiary/aromatic N) is 4. The first kappa shape index (κ1) is 16.6. The highest BCUT2D eigenvalue weighted by atomic mass is 16.2. The fraction of sp³-hybridized carbons (Fsp3) is 0.737. The second-order valence-electron chi connectivity index (χ2n) is 8.39. The van der Waals surface area contributed by atoms with E-state index in [-0.39, 0.29) is 17.7 Å². The van der Waals surface area contributed by atoms with Crippen LogP contribution in [0.2, 0.25) is 0 Å². The first-order valence-electron chi connectivity index (χ1n) is 9.49. The highest BCUT2D eigenvalue weighted by molar-refractivity contribution is 5.88. The standard InChI is InChI=1S/C19H28N4O2/c1-13(2)23-10-17(20-12-23)16-9-22(14(3)24)11-19(16)6-7-21(18(19)25)8-15-4-5-15/h10,12-13,15-16H,4-9,11H2,1-3H3/t16-,19+/m1/s1. The molecule has 1 saturated carbocycles. The molecule has 2 atom stereocenters. The summed E-state index contributed by atoms with van der Waals surface area (Å²) in [6.45, 7) is 8.71. The highest BCUT2D eigenvalue weighted by Crippen LogP contribution is 2.50. The van der Waals surface area contributed by atoms with Crippen LogP contribution in [-0.2, 0) is 9.59 Å². The van der Waals surface area contributed by atoms with E-state index in [4.69, 9.17) is 0 Å². The van der Waals surface area contributed by atoms with Gasteiger partial charge in [0.2, 0.25) is 11.8 Å². The van der Waals surface area contributed by atoms with Crippen LogP contribution < -0.4 is 0 Å². The third-order valence-electron chi connectivity index (χ3n) is 6.28. The van der Waals surface area contributed by atoms with Crippen LogP contribution in [0, 0.1) is 11.3 Å². The van der Waals surface area contributed by atoms with Crippen molar-refractivity contribution in [3.8, 4) is 0 Å². The molecule has 0 aromatic carbocycles. The van der Waals surface area contributed by atoms with Crippen molar-refractivity contribution in [2.75, 3.05) is 26.2 Å². The number of carbonyl (C=O) groups is 2. The van der Waals surface area contributed by atoms with Gasteiger partial charge in [0.05, 0.1) is 17.4 Å². The van der Waals surface area contributed by atoms with Gasteiger partial charge in [0.15, 0.2) is 0 Å². The van der Waals surface area contributed by atoms with Gasteiger partial charge in [0, 0.05) is 51.3 Å². The number of hydrogen-bond acceptors (Lipinski definition) is 3. The van der Waals surface area contributed by atoms with Crippen LogP contribution in [-0.4, -0.2) is 57.3 Å². The maximum atomic E-state index is 13.3. The van der Waals surface area contributed by atoms with Gasteiger partial charge < -0.3 is 14.4 Å². The van der Waals surface area contributed by atoms with Crippen molar-refractivity contribution in [2.45, 2.75) is 52.0 Å². The summed E-state index contributed by atoms with van der Waals surface area (Å²) in [5.41, 5.74) is 0.482. The molecule has 2 amide bonds. The van der Waals surface area contributed by atoms with E-state index in [9.17, 15) is 9.59 Å². The SMILES string of the molecule is CC(=O)N1C[C@H](c2cn(C(C)C)cn2)[C@]2(CCN(CC3CC3)C2=O)C1. The van der Waals surface area contributed by atoms with Gasteiger partial charge in [-0.3, -0.25) is 9.59 Å². The molecule has 3 fully saturated rings. The Kier molecular flexibility index (Phi) is 3.89. The predicted octanol–water partition coefficient (Wildman–Crippen LogP) is 2.04. The van der Waals surface area contributed by atoms with Crippen LogP contribution in [0.4, 0.5) is 0 Å². The van der Waals surface area contributed by atoms with Gasteiger partial charge in [-0.15, -0.1) is 0 Å². The van der Waals surface area contributed by atoms with E-state index in [0.29, 0.717) is 25.0 Å². The monoisotopic (exact) mass is 344 g/mol. The lowest BCUT2D eigenvalue weighted by Gasteiger charge is -2.27. The molecule has 0 radical (unpaired) electrons. The van der Waals surface area contributed by atoms with Gasteiger partial charge in [-0.05, 0) is 39.0 Å². The Hall–Kier alpha value is -1.85. The van der Waals surface area contributed by atoms with Crippen molar-refractivity contribution >= 4 is 11.8 Å². The molecule has 136 valence electrons. The Balaban J connectivity index is 1.64. The van der Waals surface area contributed by atoms with Gasteiger partial charge in [-0.2, -0.15) is 0 Å². The fourth-order valence-electron chi connectivity index (χ4n) is 4.46. The third kappa shape index (κ3) is 2.75. The molecule has 25 heavy (non-hydrogen) atoms. The van der Waals surface area contributed by atoms with E-state index in [2.05, 4.69) is 29.6 Å². The average Bonchev–Trinajstić information content (AvgIpc) is 2.99. The Labute approximate surface area is 149 Å². The molecule has 6 nitrogen and oxygen atoms in total. The van der Waals surface area contributed by atoms with Gasteiger partial charge in [-0.25, -0.2) is 4.98 Å². The smallest absolute Gasteiger partial charge is 0.231 e. The van der Waals surface area contributed by atoms with Crippen LogP contribution in [0.1, 0.15) is 57.7 Å². The Bertz CT molecular complexity index is 693. The molecule has 1 spiro atoms. The van der Waals surface area contributed by atoms with Crippen LogP contribution in [0.25, 0.3) is 0 Å². The first-order valence-corrected chi connectivity index (χ1v) is 9.49. The number of imidazole rings is 1. The molecule has 2 saturated heterocycles. The van der Waals surface area contributed by atoms with Crippen molar-refractivity contribution in [3.63, 3.8) is 0 Å². The van der Waals surface area contributed by atoms with Crippen molar-refractivity contribution in [3.05, 3.63) is 18.2 Å². The maximum Gasteiger partial charge on any atom is 0.231 e. The van der Waals surface area contributed by atoms with E-state index in [1.165, 1.54) is 12.8 Å². The van der Waals surface area contributed by atoms with Crippen molar-refractivity contribution in [1.29, 1.82) is 0 Å². The van der Waals surface area contributed by atoms with Crippen LogP contribution >= 0.6 is 0 Å². The minimum atomic E-state index is -0.475. The molecule has 0 unspecified atom stereocenters. The molecule has 1 aromatic rings. The van der Waals surface area contributed by atoms with Crippen molar-refractivity contribution in [1.82, 2.24) is 19.4 Å². The topological polar surface area (TPSA) is 58.4 Å². The molecule has 1 aromatic heterocycles. The van der Waals surface area contributed by atoms with Crippen molar-refractivity contribution < 1.29 is 9.59 Å². The third-order valence-corrected chi connectivity index (χ3v) is 6.28. The Morgan fingerprint density at radius 2 is 2.16 bits per heavy atom. The summed E-state index contributed by atoms with van der Waals surface area (Å²) in [5.74, 6) is 1.00. The zero-order valence-electron chi connectivity index (χ0n) is 15.4. The van der Waals surface area contributed by atoms with Gasteiger partial charge in [0.1, 0.15) is 0 Å². The summed E-state index contributed by atoms with van der Waals surface area (Å²) >= 11 is 0. The summed E-state index contributed by atoms with van der Waals surface area (Å²) in [6, 6.07) is 0.341. The van der Waals surface area contributed by atoms with E-state index >= 15 is 0 Å². The molecule has 1 aliphatic carbocycles. The fourth-order valence-corrected chi connectivity index (χ4v) is 4.46. The molecular weight excluding hydrogens is 316 g/mol. The molecular formula is C19H28N4O2. The van der Waals surface area contributed by atoms with Gasteiger partial charge in [0.25, 0.3) is 0 Å². The van der Waals surface area contributed by atoms with Gasteiger partial charge in [-0.1, -0.05) is 0 Å². The second kappa shape index (κ2) is 5.85. The summed E-state index contributed by atoms with van der Waals surface area (Å²) in [4.78, 5) is 33.9. The Morgan fingerprint density at radius 1 is 1.40 bits per heavy atom. The predicted molar refractivity (Wildman–Crippen MR) is 94.0 cm³/mol. The van der Waals surface area contributed by atoms with E-state index in [1.54, 1.807) is 6.92 Å². The average molecular weight is 344 g/mol. The lowest BCUT2D eigenvalue weighted by molar-refractivity contribution is -0.136. The van der Waals surface area contributed by atoms with Gasteiger partial charge >= 0.3 is 0 Å². The molecule has 3 heterocycles. The molecule has 3 aliphatic rings. The van der Waals surface area contributed by atoms with E-state index in [0.717, 1.165) is 25.2 Å². The number of hydrogen-bond donors (Lipinski definition) is 0. The summed E-state index contributed by atoms with van der Waals surface area (Å²) in [6.07, 6.45) is 7.25. The molecule has 6 heteroatoms. The van der Waals surface area contributed by atoms with E-state index in [1.807, 2.05) is 16.1 Å². The van der Waals surface area contributed by atoms with Crippen LogP contribution in [0.3, 0.4) is 0 Å². The van der Waals surface area contributed by atoms with Crippen LogP contribution in [0.15, 0.2) is 12.5 Å². The summed E-state index contributed by atoms with van der Waals surface area (Å²) < 4.78 is 2.08. The zero-order valence-corrected chi connectivity index (χ0v) is 15.4. The lowest BCUT2D eigenvalue weighted by Crippen LogP contribution is -2.40. The molecule has 0 bridgehead atoms. The first-order chi connectivity index (χ1) is 11.9. The molecule has 2 aliphatic heterocycles. The van der Waals surface area contributed by atoms with E-state index < -0.39 is 5.41 Å². The minimum absolute atomic E-state index is 0.00750. The van der Waals surface area contributed by atoms with Crippen molar-refractivity contribution in [2.24, 2.45) is 11.3 Å². The largest absolute Gasteiger partial charge is 0.342 e. The number of rotatable bonds is 4. The number of carbonyl (C=O) groups excluding carboxylic acids is 2.